The molecule has 164 valence electrons. The highest BCUT2D eigenvalue weighted by molar-refractivity contribution is 7.13. The van der Waals surface area contributed by atoms with Crippen LogP contribution in [0.3, 0.4) is 0 Å². The van der Waals surface area contributed by atoms with E-state index in [4.69, 9.17) is 17.8 Å². The van der Waals surface area contributed by atoms with E-state index in [1.807, 2.05) is 54.6 Å². The molecule has 4 heteroatoms. The van der Waals surface area contributed by atoms with Crippen molar-refractivity contribution >= 4 is 23.5 Å². The fourth-order valence-electron chi connectivity index (χ4n) is 3.67. The van der Waals surface area contributed by atoms with Gasteiger partial charge in [-0.25, -0.2) is 4.98 Å². The number of terminal acetylenes is 2. The maximum atomic E-state index is 5.62. The van der Waals surface area contributed by atoms with Crippen LogP contribution in [0.15, 0.2) is 91.3 Å². The molecule has 5 aromatic rings. The van der Waals surface area contributed by atoms with Gasteiger partial charge in [-0.15, -0.1) is 24.2 Å². The molecule has 1 aromatic carbocycles. The maximum absolute atomic E-state index is 5.62. The van der Waals surface area contributed by atoms with E-state index in [0.717, 1.165) is 54.8 Å². The first-order valence-electron chi connectivity index (χ1n) is 10.9. The molecule has 0 saturated heterocycles. The number of nitrogens with zero attached hydrogens (tertiary/aromatic N) is 3. The summed E-state index contributed by atoms with van der Waals surface area (Å²) in [7, 11) is 0. The van der Waals surface area contributed by atoms with Gasteiger partial charge in [0.05, 0.1) is 32.5 Å². The molecular formula is C31H19N3S. The molecule has 0 atom stereocenters. The fraction of sp³-hybridized carbons (Fsp3) is 0. The third-order valence-electron chi connectivity index (χ3n) is 5.41. The van der Waals surface area contributed by atoms with Crippen LogP contribution in [-0.2, 0) is 0 Å². The van der Waals surface area contributed by atoms with Gasteiger partial charge in [-0.05, 0) is 59.2 Å². The van der Waals surface area contributed by atoms with E-state index in [1.54, 1.807) is 12.4 Å². The molecule has 0 N–H and O–H groups in total. The summed E-state index contributed by atoms with van der Waals surface area (Å²) in [5, 5.41) is 0. The molecule has 0 aliphatic rings. The van der Waals surface area contributed by atoms with Gasteiger partial charge in [-0.3, -0.25) is 9.97 Å². The number of rotatable bonds is 5. The molecule has 0 fully saturated rings. The number of thiophene rings is 1. The van der Waals surface area contributed by atoms with Crippen molar-refractivity contribution in [2.75, 3.05) is 0 Å². The van der Waals surface area contributed by atoms with Crippen molar-refractivity contribution in [1.29, 1.82) is 0 Å². The first-order chi connectivity index (χ1) is 17.2. The van der Waals surface area contributed by atoms with Crippen LogP contribution in [0, 0.1) is 24.7 Å². The second-order valence-electron chi connectivity index (χ2n) is 7.70. The zero-order chi connectivity index (χ0) is 24.0. The molecule has 0 bridgehead atoms. The molecule has 0 aliphatic heterocycles. The summed E-state index contributed by atoms with van der Waals surface area (Å²) >= 11 is 1.45. The van der Waals surface area contributed by atoms with Crippen LogP contribution in [0.2, 0.25) is 0 Å². The lowest BCUT2D eigenvalue weighted by Crippen LogP contribution is -1.93. The Morgan fingerprint density at radius 1 is 0.657 bits per heavy atom. The van der Waals surface area contributed by atoms with E-state index in [0.29, 0.717) is 0 Å². The van der Waals surface area contributed by atoms with Crippen molar-refractivity contribution in [2.24, 2.45) is 0 Å². The van der Waals surface area contributed by atoms with E-state index in [1.165, 1.54) is 11.3 Å². The number of benzene rings is 1. The van der Waals surface area contributed by atoms with Crippen LogP contribution in [0.25, 0.3) is 46.1 Å². The Kier molecular flexibility index (Phi) is 6.31. The summed E-state index contributed by atoms with van der Waals surface area (Å²) in [5.74, 6) is 5.36. The second-order valence-corrected chi connectivity index (χ2v) is 8.75. The van der Waals surface area contributed by atoms with Gasteiger partial charge >= 0.3 is 0 Å². The van der Waals surface area contributed by atoms with Gasteiger partial charge in [0.2, 0.25) is 0 Å². The predicted molar refractivity (Wildman–Crippen MR) is 145 cm³/mol. The normalized spacial score (nSPS) is 10.7. The van der Waals surface area contributed by atoms with Crippen molar-refractivity contribution in [3.05, 3.63) is 112 Å². The van der Waals surface area contributed by atoms with Gasteiger partial charge in [0.25, 0.3) is 0 Å². The molecular weight excluding hydrogens is 446 g/mol. The van der Waals surface area contributed by atoms with E-state index in [2.05, 4.69) is 58.2 Å². The molecule has 4 heterocycles. The molecule has 0 amide bonds. The summed E-state index contributed by atoms with van der Waals surface area (Å²) in [5.41, 5.74) is 7.39. The van der Waals surface area contributed by atoms with Crippen LogP contribution in [0.5, 0.6) is 0 Å². The maximum Gasteiger partial charge on any atom is 0.0900 e. The van der Waals surface area contributed by atoms with Crippen LogP contribution >= 0.6 is 11.3 Å². The van der Waals surface area contributed by atoms with Gasteiger partial charge in [-0.1, -0.05) is 60.4 Å². The number of aromatic nitrogens is 3. The number of pyridine rings is 3. The van der Waals surface area contributed by atoms with Crippen molar-refractivity contribution in [2.45, 2.75) is 0 Å². The molecule has 5 rings (SSSR count). The lowest BCUT2D eigenvalue weighted by atomic mass is 10.0. The van der Waals surface area contributed by atoms with E-state index >= 15 is 0 Å². The smallest absolute Gasteiger partial charge is 0.0900 e. The Morgan fingerprint density at radius 2 is 1.31 bits per heavy atom. The lowest BCUT2D eigenvalue weighted by molar-refractivity contribution is 1.22. The molecule has 0 saturated carbocycles. The molecule has 0 spiro atoms. The third kappa shape index (κ3) is 4.94. The molecule has 35 heavy (non-hydrogen) atoms. The van der Waals surface area contributed by atoms with Crippen LogP contribution < -0.4 is 0 Å². The first-order valence-corrected chi connectivity index (χ1v) is 11.8. The highest BCUT2D eigenvalue weighted by atomic mass is 32.1. The molecule has 0 unspecified atom stereocenters. The molecule has 0 radical (unpaired) electrons. The molecule has 3 nitrogen and oxygen atoms in total. The highest BCUT2D eigenvalue weighted by Gasteiger charge is 2.10. The average molecular weight is 466 g/mol. The monoisotopic (exact) mass is 465 g/mol. The van der Waals surface area contributed by atoms with Crippen LogP contribution in [0.1, 0.15) is 20.9 Å². The minimum Gasteiger partial charge on any atom is -0.255 e. The third-order valence-corrected chi connectivity index (χ3v) is 6.43. The standard InChI is InChI=1S/C31H19N3S/c1-3-26-19-24(31(4-2)35-26)16-13-22-11-14-23(15-12-22)25-20-29(27-9-5-7-17-32-27)34-30(21-25)28-10-6-8-18-33-28/h1-2,5-21H/b16-13+. The van der Waals surface area contributed by atoms with E-state index in [9.17, 15) is 0 Å². The van der Waals surface area contributed by atoms with Gasteiger partial charge in [0, 0.05) is 18.0 Å². The first kappa shape index (κ1) is 22.0. The summed E-state index contributed by atoms with van der Waals surface area (Å²) in [6.07, 6.45) is 18.7. The Morgan fingerprint density at radius 3 is 1.86 bits per heavy atom. The van der Waals surface area contributed by atoms with E-state index in [-0.39, 0.29) is 0 Å². The zero-order valence-corrected chi connectivity index (χ0v) is 19.5. The molecule has 4 aromatic heterocycles. The van der Waals surface area contributed by atoms with Crippen molar-refractivity contribution in [3.8, 4) is 58.6 Å². The Bertz CT molecular complexity index is 1530. The fourth-order valence-corrected chi connectivity index (χ4v) is 4.44. The largest absolute Gasteiger partial charge is 0.255 e. The minimum atomic E-state index is 0.802. The van der Waals surface area contributed by atoms with E-state index < -0.39 is 0 Å². The minimum absolute atomic E-state index is 0.802. The summed E-state index contributed by atoms with van der Waals surface area (Å²) in [4.78, 5) is 15.5. The topological polar surface area (TPSA) is 38.7 Å². The molecule has 0 aliphatic carbocycles. The van der Waals surface area contributed by atoms with Gasteiger partial charge in [-0.2, -0.15) is 0 Å². The number of hydrogen-bond donors (Lipinski definition) is 0. The van der Waals surface area contributed by atoms with Crippen molar-refractivity contribution in [3.63, 3.8) is 0 Å². The Labute approximate surface area is 208 Å². The zero-order valence-electron chi connectivity index (χ0n) is 18.7. The van der Waals surface area contributed by atoms with Crippen molar-refractivity contribution in [1.82, 2.24) is 15.0 Å². The lowest BCUT2D eigenvalue weighted by Gasteiger charge is -2.09. The van der Waals surface area contributed by atoms with Crippen LogP contribution in [0.4, 0.5) is 0 Å². The van der Waals surface area contributed by atoms with Gasteiger partial charge < -0.3 is 0 Å². The quantitative estimate of drug-likeness (QED) is 0.261. The van der Waals surface area contributed by atoms with Gasteiger partial charge in [0.15, 0.2) is 0 Å². The Balaban J connectivity index is 1.49. The highest BCUT2D eigenvalue weighted by Crippen LogP contribution is 2.29. The summed E-state index contributed by atoms with van der Waals surface area (Å²) in [6, 6.07) is 26.1. The summed E-state index contributed by atoms with van der Waals surface area (Å²) < 4.78 is 0. The SMILES string of the molecule is C#Cc1cc(/C=C/c2ccc(-c3cc(-c4ccccn4)nc(-c4ccccn4)c3)cc2)c(C#C)s1. The van der Waals surface area contributed by atoms with Gasteiger partial charge in [0.1, 0.15) is 0 Å². The average Bonchev–Trinajstić information content (AvgIpc) is 3.35. The second kappa shape index (κ2) is 10.0. The predicted octanol–water partition coefficient (Wildman–Crippen LogP) is 7.07. The number of hydrogen-bond acceptors (Lipinski definition) is 4. The Hall–Kier alpha value is -4.77. The van der Waals surface area contributed by atoms with Crippen LogP contribution in [-0.4, -0.2) is 15.0 Å². The van der Waals surface area contributed by atoms with Crippen molar-refractivity contribution < 1.29 is 0 Å². The summed E-state index contributed by atoms with van der Waals surface area (Å²) in [6.45, 7) is 0.